The predicted molar refractivity (Wildman–Crippen MR) is 106 cm³/mol. The van der Waals surface area contributed by atoms with Crippen molar-refractivity contribution >= 4 is 17.8 Å². The molecule has 0 bridgehead atoms. The minimum absolute atomic E-state index is 0.0440. The first kappa shape index (κ1) is 19.5. The Morgan fingerprint density at radius 2 is 1.64 bits per heavy atom. The molecule has 2 aliphatic heterocycles. The number of urea groups is 1. The monoisotopic (exact) mass is 390 g/mol. The zero-order valence-electron chi connectivity index (χ0n) is 16.8. The quantitative estimate of drug-likeness (QED) is 0.773. The van der Waals surface area contributed by atoms with Crippen molar-refractivity contribution in [2.24, 2.45) is 5.92 Å². The fourth-order valence-electron chi connectivity index (χ4n) is 5.41. The first-order chi connectivity index (χ1) is 13.6. The molecule has 2 saturated carbocycles. The molecule has 2 saturated heterocycles. The lowest BCUT2D eigenvalue weighted by atomic mass is 9.84. The summed E-state index contributed by atoms with van der Waals surface area (Å²) in [6.07, 6.45) is 12.5. The summed E-state index contributed by atoms with van der Waals surface area (Å²) in [7, 11) is 0. The Hall–Kier alpha value is -1.79. The maximum absolute atomic E-state index is 13.0. The fraction of sp³-hybridized carbons (Fsp3) is 0.857. The van der Waals surface area contributed by atoms with Crippen LogP contribution in [0, 0.1) is 5.92 Å². The van der Waals surface area contributed by atoms with E-state index in [1.807, 2.05) is 0 Å². The second kappa shape index (κ2) is 8.70. The van der Waals surface area contributed by atoms with Gasteiger partial charge in [0.25, 0.3) is 0 Å². The molecule has 2 atom stereocenters. The molecule has 7 nitrogen and oxygen atoms in total. The van der Waals surface area contributed by atoms with E-state index in [2.05, 4.69) is 10.6 Å². The number of fused-ring (bicyclic) bond motifs is 1. The molecule has 0 spiro atoms. The average Bonchev–Trinajstić information content (AvgIpc) is 2.73. The summed E-state index contributed by atoms with van der Waals surface area (Å²) >= 11 is 0. The van der Waals surface area contributed by atoms with Gasteiger partial charge in [-0.2, -0.15) is 0 Å². The molecular formula is C21H34N4O3. The maximum atomic E-state index is 13.0. The molecule has 2 N–H and O–H groups in total. The molecule has 0 unspecified atom stereocenters. The minimum atomic E-state index is -0.541. The number of hydrogen-bond acceptors (Lipinski definition) is 3. The summed E-state index contributed by atoms with van der Waals surface area (Å²) in [6, 6.07) is -0.757. The summed E-state index contributed by atoms with van der Waals surface area (Å²) < 4.78 is 0. The Labute approximate surface area is 167 Å². The second-order valence-corrected chi connectivity index (χ2v) is 9.08. The van der Waals surface area contributed by atoms with Crippen LogP contribution < -0.4 is 10.6 Å². The van der Waals surface area contributed by atoms with Crippen LogP contribution in [0.3, 0.4) is 0 Å². The third kappa shape index (κ3) is 4.28. The standard InChI is InChI=1S/C21H34N4O3/c26-19-18-14-24(21(28)22-16-9-5-2-6-10-16)11-12-25(18)20(27)17(23-19)13-15-7-3-1-4-8-15/h15-18H,1-14H2,(H,22,28)(H,23,26)/t17-,18+/m0/s1. The van der Waals surface area contributed by atoms with Gasteiger partial charge in [0.1, 0.15) is 12.1 Å². The van der Waals surface area contributed by atoms with E-state index in [1.165, 1.54) is 38.5 Å². The Kier molecular flexibility index (Phi) is 6.07. The molecule has 0 aromatic rings. The zero-order chi connectivity index (χ0) is 19.5. The Balaban J connectivity index is 1.32. The van der Waals surface area contributed by atoms with Crippen LogP contribution in [-0.2, 0) is 9.59 Å². The Morgan fingerprint density at radius 1 is 0.964 bits per heavy atom. The van der Waals surface area contributed by atoms with Crippen LogP contribution in [0.25, 0.3) is 0 Å². The van der Waals surface area contributed by atoms with Crippen molar-refractivity contribution in [3.63, 3.8) is 0 Å². The third-order valence-corrected chi connectivity index (χ3v) is 7.09. The van der Waals surface area contributed by atoms with Crippen molar-refractivity contribution in [2.75, 3.05) is 19.6 Å². The minimum Gasteiger partial charge on any atom is -0.342 e. The summed E-state index contributed by atoms with van der Waals surface area (Å²) in [5.41, 5.74) is 0. The highest BCUT2D eigenvalue weighted by molar-refractivity contribution is 5.97. The van der Waals surface area contributed by atoms with Gasteiger partial charge in [-0.05, 0) is 25.2 Å². The molecular weight excluding hydrogens is 356 g/mol. The van der Waals surface area contributed by atoms with Crippen LogP contribution in [0.1, 0.15) is 70.6 Å². The first-order valence-electron chi connectivity index (χ1n) is 11.3. The van der Waals surface area contributed by atoms with Gasteiger partial charge in [-0.1, -0.05) is 51.4 Å². The third-order valence-electron chi connectivity index (χ3n) is 7.09. The van der Waals surface area contributed by atoms with Gasteiger partial charge in [-0.3, -0.25) is 9.59 Å². The van der Waals surface area contributed by atoms with Gasteiger partial charge < -0.3 is 20.4 Å². The highest BCUT2D eigenvalue weighted by Gasteiger charge is 2.44. The first-order valence-corrected chi connectivity index (χ1v) is 11.3. The Bertz CT molecular complexity index is 598. The molecule has 4 rings (SSSR count). The summed E-state index contributed by atoms with van der Waals surface area (Å²) in [4.78, 5) is 41.8. The Morgan fingerprint density at radius 3 is 2.36 bits per heavy atom. The lowest BCUT2D eigenvalue weighted by Crippen LogP contribution is -2.70. The summed E-state index contributed by atoms with van der Waals surface area (Å²) in [5, 5.41) is 6.09. The number of nitrogens with one attached hydrogen (secondary N) is 2. The van der Waals surface area contributed by atoms with Crippen LogP contribution in [0.15, 0.2) is 0 Å². The average molecular weight is 391 g/mol. The number of carbonyl (C=O) groups excluding carboxylic acids is 3. The molecule has 4 aliphatic rings. The molecule has 4 amide bonds. The maximum Gasteiger partial charge on any atom is 0.317 e. The van der Waals surface area contributed by atoms with E-state index < -0.39 is 6.04 Å². The van der Waals surface area contributed by atoms with Gasteiger partial charge in [-0.25, -0.2) is 4.79 Å². The van der Waals surface area contributed by atoms with Crippen LogP contribution in [0.4, 0.5) is 4.79 Å². The van der Waals surface area contributed by atoms with Gasteiger partial charge in [0.15, 0.2) is 0 Å². The number of carbonyl (C=O) groups is 3. The highest BCUT2D eigenvalue weighted by Crippen LogP contribution is 2.29. The number of rotatable bonds is 3. The molecule has 0 aromatic carbocycles. The van der Waals surface area contributed by atoms with E-state index in [0.717, 1.165) is 32.1 Å². The van der Waals surface area contributed by atoms with E-state index in [9.17, 15) is 14.4 Å². The van der Waals surface area contributed by atoms with Crippen molar-refractivity contribution in [3.05, 3.63) is 0 Å². The van der Waals surface area contributed by atoms with E-state index in [-0.39, 0.29) is 29.9 Å². The normalized spacial score (nSPS) is 30.0. The number of piperazine rings is 2. The highest BCUT2D eigenvalue weighted by atomic mass is 16.2. The fourth-order valence-corrected chi connectivity index (χ4v) is 5.41. The number of hydrogen-bond donors (Lipinski definition) is 2. The second-order valence-electron chi connectivity index (χ2n) is 9.08. The van der Waals surface area contributed by atoms with Gasteiger partial charge >= 0.3 is 6.03 Å². The lowest BCUT2D eigenvalue weighted by molar-refractivity contribution is -0.152. The van der Waals surface area contributed by atoms with E-state index in [4.69, 9.17) is 0 Å². The van der Waals surface area contributed by atoms with Crippen molar-refractivity contribution in [2.45, 2.75) is 88.8 Å². The molecule has 156 valence electrons. The predicted octanol–water partition coefficient (Wildman–Crippen LogP) is 2.01. The topological polar surface area (TPSA) is 81.8 Å². The molecule has 0 aromatic heterocycles. The molecule has 2 aliphatic carbocycles. The van der Waals surface area contributed by atoms with E-state index in [1.54, 1.807) is 9.80 Å². The van der Waals surface area contributed by atoms with Crippen molar-refractivity contribution in [3.8, 4) is 0 Å². The van der Waals surface area contributed by atoms with Gasteiger partial charge in [0.2, 0.25) is 11.8 Å². The number of nitrogens with zero attached hydrogens (tertiary/aromatic N) is 2. The van der Waals surface area contributed by atoms with Crippen molar-refractivity contribution < 1.29 is 14.4 Å². The summed E-state index contributed by atoms with van der Waals surface area (Å²) in [5.74, 6) is 0.486. The summed E-state index contributed by atoms with van der Waals surface area (Å²) in [6.45, 7) is 1.26. The van der Waals surface area contributed by atoms with Crippen LogP contribution in [0.5, 0.6) is 0 Å². The molecule has 28 heavy (non-hydrogen) atoms. The molecule has 7 heteroatoms. The van der Waals surface area contributed by atoms with Crippen molar-refractivity contribution in [1.29, 1.82) is 0 Å². The largest absolute Gasteiger partial charge is 0.342 e. The van der Waals surface area contributed by atoms with Crippen LogP contribution in [-0.4, -0.2) is 65.4 Å². The smallest absolute Gasteiger partial charge is 0.317 e. The van der Waals surface area contributed by atoms with Crippen LogP contribution >= 0.6 is 0 Å². The molecule has 2 heterocycles. The van der Waals surface area contributed by atoms with Gasteiger partial charge in [0.05, 0.1) is 6.54 Å². The van der Waals surface area contributed by atoms with Crippen LogP contribution in [0.2, 0.25) is 0 Å². The van der Waals surface area contributed by atoms with Gasteiger partial charge in [0, 0.05) is 19.1 Å². The SMILES string of the molecule is O=C1N[C@@H](CC2CCCCC2)C(=O)N2CCN(C(=O)NC3CCCCC3)C[C@H]12. The van der Waals surface area contributed by atoms with Crippen molar-refractivity contribution in [1.82, 2.24) is 20.4 Å². The van der Waals surface area contributed by atoms with Gasteiger partial charge in [-0.15, -0.1) is 0 Å². The lowest BCUT2D eigenvalue weighted by Gasteiger charge is -2.46. The zero-order valence-corrected chi connectivity index (χ0v) is 16.8. The number of amides is 4. The molecule has 4 fully saturated rings. The van der Waals surface area contributed by atoms with E-state index >= 15 is 0 Å². The van der Waals surface area contributed by atoms with E-state index in [0.29, 0.717) is 25.6 Å². The molecule has 0 radical (unpaired) electrons.